The van der Waals surface area contributed by atoms with Crippen LogP contribution in [0.2, 0.25) is 0 Å². The van der Waals surface area contributed by atoms with Crippen molar-refractivity contribution in [2.24, 2.45) is 17.3 Å². The molecule has 0 radical (unpaired) electrons. The van der Waals surface area contributed by atoms with E-state index in [9.17, 15) is 0 Å². The van der Waals surface area contributed by atoms with Crippen LogP contribution in [0.4, 0.5) is 0 Å². The number of allylic oxidation sites excluding steroid dienone is 1. The van der Waals surface area contributed by atoms with E-state index in [4.69, 9.17) is 0 Å². The van der Waals surface area contributed by atoms with Crippen molar-refractivity contribution in [1.82, 2.24) is 0 Å². The van der Waals surface area contributed by atoms with Gasteiger partial charge < -0.3 is 0 Å². The zero-order valence-electron chi connectivity index (χ0n) is 6.98. The summed E-state index contributed by atoms with van der Waals surface area (Å²) >= 11 is 0. The van der Waals surface area contributed by atoms with Crippen LogP contribution < -0.4 is 0 Å². The van der Waals surface area contributed by atoms with Gasteiger partial charge in [0, 0.05) is 0 Å². The van der Waals surface area contributed by atoms with E-state index in [1.165, 1.54) is 24.8 Å². The van der Waals surface area contributed by atoms with Gasteiger partial charge in [-0.2, -0.15) is 0 Å². The number of fused-ring (bicyclic) bond motifs is 2. The van der Waals surface area contributed by atoms with Gasteiger partial charge in [-0.3, -0.25) is 0 Å². The highest BCUT2D eigenvalue weighted by molar-refractivity contribution is 5.14. The molecule has 0 heterocycles. The van der Waals surface area contributed by atoms with Crippen LogP contribution in [0.1, 0.15) is 33.1 Å². The summed E-state index contributed by atoms with van der Waals surface area (Å²) in [5.41, 5.74) is 2.15. The molecule has 0 nitrogen and oxygen atoms in total. The molecule has 0 heteroatoms. The van der Waals surface area contributed by atoms with Crippen molar-refractivity contribution >= 4 is 0 Å². The van der Waals surface area contributed by atoms with Gasteiger partial charge in [-0.05, 0) is 36.5 Å². The fourth-order valence-corrected chi connectivity index (χ4v) is 2.60. The summed E-state index contributed by atoms with van der Waals surface area (Å²) in [7, 11) is 0. The average Bonchev–Trinajstić information content (AvgIpc) is 1.87. The second-order valence-corrected chi connectivity index (χ2v) is 4.61. The largest absolute Gasteiger partial charge is 0.0998 e. The Balaban J connectivity index is 2.17. The first kappa shape index (κ1) is 6.45. The fraction of sp³-hybridized carbons (Fsp3) is 0.800. The summed E-state index contributed by atoms with van der Waals surface area (Å²) in [6.45, 7) is 8.89. The van der Waals surface area contributed by atoms with Crippen LogP contribution in [0.5, 0.6) is 0 Å². The number of rotatable bonds is 0. The summed E-state index contributed by atoms with van der Waals surface area (Å²) < 4.78 is 0. The molecule has 2 bridgehead atoms. The lowest BCUT2D eigenvalue weighted by molar-refractivity contribution is -0.0426. The highest BCUT2D eigenvalue weighted by Gasteiger charge is 2.50. The SMILES string of the molecule is C=C1C[C@@H]2C[C@H](C1)C2(C)C. The first-order valence-corrected chi connectivity index (χ1v) is 4.27. The molecule has 0 aromatic rings. The Kier molecular flexibility index (Phi) is 1.07. The van der Waals surface area contributed by atoms with Crippen LogP contribution in [0.3, 0.4) is 0 Å². The first-order chi connectivity index (χ1) is 4.60. The maximum absolute atomic E-state index is 4.06. The Hall–Kier alpha value is -0.260. The Bertz CT molecular complexity index is 160. The van der Waals surface area contributed by atoms with Crippen LogP contribution in [-0.2, 0) is 0 Å². The monoisotopic (exact) mass is 136 g/mol. The van der Waals surface area contributed by atoms with E-state index in [0.29, 0.717) is 5.41 Å². The smallest absolute Gasteiger partial charge is 0.0289 e. The highest BCUT2D eigenvalue weighted by Crippen LogP contribution is 2.60. The molecule has 0 amide bonds. The number of hydrogen-bond acceptors (Lipinski definition) is 0. The fourth-order valence-electron chi connectivity index (χ4n) is 2.60. The van der Waals surface area contributed by atoms with Gasteiger partial charge in [0.2, 0.25) is 0 Å². The molecule has 0 saturated heterocycles. The summed E-state index contributed by atoms with van der Waals surface area (Å²) in [5.74, 6) is 1.94. The predicted octanol–water partition coefficient (Wildman–Crippen LogP) is 3.00. The molecular weight excluding hydrogens is 120 g/mol. The second kappa shape index (κ2) is 1.66. The van der Waals surface area contributed by atoms with Gasteiger partial charge >= 0.3 is 0 Å². The topological polar surface area (TPSA) is 0 Å². The van der Waals surface area contributed by atoms with Crippen molar-refractivity contribution in [2.45, 2.75) is 33.1 Å². The van der Waals surface area contributed by atoms with Gasteiger partial charge in [-0.1, -0.05) is 26.0 Å². The zero-order chi connectivity index (χ0) is 7.35. The van der Waals surface area contributed by atoms with Crippen molar-refractivity contribution in [3.05, 3.63) is 12.2 Å². The molecule has 3 aliphatic rings. The van der Waals surface area contributed by atoms with Gasteiger partial charge in [0.25, 0.3) is 0 Å². The molecule has 0 aromatic heterocycles. The van der Waals surface area contributed by atoms with E-state index in [0.717, 1.165) is 11.8 Å². The molecule has 3 aliphatic carbocycles. The van der Waals surface area contributed by atoms with Gasteiger partial charge in [-0.15, -0.1) is 0 Å². The third kappa shape index (κ3) is 0.624. The molecule has 0 unspecified atom stereocenters. The molecule has 0 aromatic carbocycles. The third-order valence-electron chi connectivity index (χ3n) is 3.74. The van der Waals surface area contributed by atoms with E-state index >= 15 is 0 Å². The van der Waals surface area contributed by atoms with Crippen molar-refractivity contribution in [3.63, 3.8) is 0 Å². The van der Waals surface area contributed by atoms with E-state index in [1.54, 1.807) is 0 Å². The van der Waals surface area contributed by atoms with Gasteiger partial charge in [0.05, 0.1) is 0 Å². The van der Waals surface area contributed by atoms with Gasteiger partial charge in [0.15, 0.2) is 0 Å². The van der Waals surface area contributed by atoms with Crippen molar-refractivity contribution in [1.29, 1.82) is 0 Å². The molecule has 3 rings (SSSR count). The Morgan fingerprint density at radius 2 is 1.80 bits per heavy atom. The molecule has 0 N–H and O–H groups in total. The van der Waals surface area contributed by atoms with Crippen LogP contribution >= 0.6 is 0 Å². The lowest BCUT2D eigenvalue weighted by Crippen LogP contribution is -2.48. The van der Waals surface area contributed by atoms with Crippen molar-refractivity contribution in [3.8, 4) is 0 Å². The summed E-state index contributed by atoms with van der Waals surface area (Å²) in [6.07, 6.45) is 4.10. The lowest BCUT2D eigenvalue weighted by atomic mass is 9.48. The first-order valence-electron chi connectivity index (χ1n) is 4.27. The lowest BCUT2D eigenvalue weighted by Gasteiger charge is -2.57. The molecule has 3 fully saturated rings. The molecule has 3 saturated carbocycles. The summed E-state index contributed by atoms with van der Waals surface area (Å²) in [5, 5.41) is 0. The minimum absolute atomic E-state index is 0.654. The average molecular weight is 136 g/mol. The Morgan fingerprint density at radius 1 is 1.30 bits per heavy atom. The van der Waals surface area contributed by atoms with Crippen LogP contribution in [0, 0.1) is 17.3 Å². The van der Waals surface area contributed by atoms with Crippen LogP contribution in [0.15, 0.2) is 12.2 Å². The Labute approximate surface area is 63.3 Å². The van der Waals surface area contributed by atoms with Crippen molar-refractivity contribution < 1.29 is 0 Å². The third-order valence-corrected chi connectivity index (χ3v) is 3.74. The minimum Gasteiger partial charge on any atom is -0.0998 e. The zero-order valence-corrected chi connectivity index (χ0v) is 6.98. The molecule has 56 valence electrons. The highest BCUT2D eigenvalue weighted by atomic mass is 14.5. The maximum atomic E-state index is 4.06. The van der Waals surface area contributed by atoms with Crippen LogP contribution in [0.25, 0.3) is 0 Å². The standard InChI is InChI=1S/C10H16/c1-7-4-8-6-9(5-7)10(8,2)3/h8-9H,1,4-6H2,2-3H3/t8-,9+. The molecule has 0 spiro atoms. The predicted molar refractivity (Wildman–Crippen MR) is 43.8 cm³/mol. The van der Waals surface area contributed by atoms with E-state index in [-0.39, 0.29) is 0 Å². The molecule has 0 aliphatic heterocycles. The molecule has 2 atom stereocenters. The van der Waals surface area contributed by atoms with E-state index in [2.05, 4.69) is 20.4 Å². The van der Waals surface area contributed by atoms with E-state index < -0.39 is 0 Å². The van der Waals surface area contributed by atoms with E-state index in [1.807, 2.05) is 0 Å². The van der Waals surface area contributed by atoms with Crippen LogP contribution in [-0.4, -0.2) is 0 Å². The van der Waals surface area contributed by atoms with Gasteiger partial charge in [0.1, 0.15) is 0 Å². The minimum atomic E-state index is 0.654. The van der Waals surface area contributed by atoms with Crippen molar-refractivity contribution in [2.75, 3.05) is 0 Å². The summed E-state index contributed by atoms with van der Waals surface area (Å²) in [4.78, 5) is 0. The maximum Gasteiger partial charge on any atom is -0.0289 e. The normalized spacial score (nSPS) is 42.8. The second-order valence-electron chi connectivity index (χ2n) is 4.61. The molecular formula is C10H16. The quantitative estimate of drug-likeness (QED) is 0.449. The Morgan fingerprint density at radius 3 is 2.10 bits per heavy atom. The number of hydrogen-bond donors (Lipinski definition) is 0. The summed E-state index contributed by atoms with van der Waals surface area (Å²) in [6, 6.07) is 0. The molecule has 10 heavy (non-hydrogen) atoms. The van der Waals surface area contributed by atoms with Gasteiger partial charge in [-0.25, -0.2) is 0 Å².